The van der Waals surface area contributed by atoms with Crippen LogP contribution < -0.4 is 9.61 Å². The largest absolute Gasteiger partial charge is 0.429 e. The minimum absolute atomic E-state index is 0.607. The summed E-state index contributed by atoms with van der Waals surface area (Å²) in [6.07, 6.45) is 0.973. The van der Waals surface area contributed by atoms with Crippen LogP contribution in [0, 0.1) is 0 Å². The van der Waals surface area contributed by atoms with Crippen LogP contribution in [0.3, 0.4) is 0 Å². The second-order valence-corrected chi connectivity index (χ2v) is 7.57. The molecule has 5 heteroatoms. The van der Waals surface area contributed by atoms with Gasteiger partial charge in [0.15, 0.2) is 0 Å². The van der Waals surface area contributed by atoms with Crippen LogP contribution in [-0.2, 0) is 11.0 Å². The molecule has 0 aliphatic carbocycles. The predicted molar refractivity (Wildman–Crippen MR) is 87.7 cm³/mol. The molecule has 0 unspecified atom stereocenters. The number of hydrogen-bond donors (Lipinski definition) is 1. The summed E-state index contributed by atoms with van der Waals surface area (Å²) >= 11 is 3.38. The Hall–Kier alpha value is -1.25. The molecular weight excluding hydrogens is 337 g/mol. The fourth-order valence-corrected chi connectivity index (χ4v) is 3.38. The van der Waals surface area contributed by atoms with Gasteiger partial charge in [-0.3, -0.25) is 4.57 Å². The Morgan fingerprint density at radius 1 is 1.20 bits per heavy atom. The molecule has 0 radical (unpaired) electrons. The normalized spacial score (nSPS) is 13.6. The minimum Gasteiger partial charge on any atom is -0.429 e. The van der Waals surface area contributed by atoms with Crippen molar-refractivity contribution in [2.45, 2.75) is 13.3 Å². The van der Waals surface area contributed by atoms with Crippen LogP contribution in [0.4, 0.5) is 5.69 Å². The molecule has 0 saturated carbocycles. The zero-order valence-electron chi connectivity index (χ0n) is 11.5. The Morgan fingerprint density at radius 3 is 2.50 bits per heavy atom. The summed E-state index contributed by atoms with van der Waals surface area (Å²) in [5.41, 5.74) is 1.98. The lowest BCUT2D eigenvalue weighted by molar-refractivity contribution is 0.493. The monoisotopic (exact) mass is 353 g/mol. The van der Waals surface area contributed by atoms with Crippen molar-refractivity contribution >= 4 is 29.1 Å². The highest BCUT2D eigenvalue weighted by atomic mass is 79.9. The van der Waals surface area contributed by atoms with E-state index in [1.165, 1.54) is 5.56 Å². The maximum absolute atomic E-state index is 12.5. The third kappa shape index (κ3) is 4.39. The van der Waals surface area contributed by atoms with E-state index in [1.54, 1.807) is 6.66 Å². The summed E-state index contributed by atoms with van der Waals surface area (Å²) in [6, 6.07) is 15.2. The average Bonchev–Trinajstić information content (AvgIpc) is 2.38. The van der Waals surface area contributed by atoms with E-state index in [4.69, 9.17) is 4.52 Å². The lowest BCUT2D eigenvalue weighted by atomic mass is 10.2. The van der Waals surface area contributed by atoms with Crippen LogP contribution >= 0.6 is 23.4 Å². The molecule has 0 bridgehead atoms. The van der Waals surface area contributed by atoms with Gasteiger partial charge < -0.3 is 9.61 Å². The van der Waals surface area contributed by atoms with Gasteiger partial charge in [-0.05, 0) is 42.3 Å². The highest BCUT2D eigenvalue weighted by molar-refractivity contribution is 9.10. The van der Waals surface area contributed by atoms with E-state index in [1.807, 2.05) is 48.5 Å². The molecule has 2 aromatic carbocycles. The van der Waals surface area contributed by atoms with Crippen molar-refractivity contribution in [3.05, 3.63) is 58.6 Å². The van der Waals surface area contributed by atoms with Crippen molar-refractivity contribution in [2.75, 3.05) is 11.8 Å². The molecule has 0 aliphatic heterocycles. The number of hydrogen-bond acceptors (Lipinski definition) is 2. The van der Waals surface area contributed by atoms with E-state index in [-0.39, 0.29) is 0 Å². The first-order valence-electron chi connectivity index (χ1n) is 6.38. The van der Waals surface area contributed by atoms with Crippen molar-refractivity contribution in [2.24, 2.45) is 0 Å². The lowest BCUT2D eigenvalue weighted by Crippen LogP contribution is -2.02. The summed E-state index contributed by atoms with van der Waals surface area (Å²) in [4.78, 5) is 0. The van der Waals surface area contributed by atoms with Gasteiger partial charge in [0.1, 0.15) is 5.75 Å². The van der Waals surface area contributed by atoms with E-state index >= 15 is 0 Å². The van der Waals surface area contributed by atoms with Gasteiger partial charge in [-0.25, -0.2) is 0 Å². The van der Waals surface area contributed by atoms with Crippen LogP contribution in [0.2, 0.25) is 0 Å². The van der Waals surface area contributed by atoms with Crippen LogP contribution in [-0.4, -0.2) is 6.66 Å². The molecule has 0 fully saturated rings. The maximum Gasteiger partial charge on any atom is 0.338 e. The van der Waals surface area contributed by atoms with Gasteiger partial charge >= 0.3 is 7.52 Å². The van der Waals surface area contributed by atoms with E-state index < -0.39 is 7.52 Å². The maximum atomic E-state index is 12.5. The average molecular weight is 354 g/mol. The van der Waals surface area contributed by atoms with Gasteiger partial charge in [-0.2, -0.15) is 0 Å². The fourth-order valence-electron chi connectivity index (χ4n) is 1.80. The lowest BCUT2D eigenvalue weighted by Gasteiger charge is -2.17. The molecule has 0 amide bonds. The molecule has 106 valence electrons. The van der Waals surface area contributed by atoms with Gasteiger partial charge in [0, 0.05) is 16.8 Å². The number of halogens is 1. The van der Waals surface area contributed by atoms with E-state index in [2.05, 4.69) is 27.9 Å². The SMILES string of the molecule is CCc1ccc(O[P@](C)(=O)Nc2cccc(Br)c2)cc1. The first kappa shape index (κ1) is 15.1. The topological polar surface area (TPSA) is 38.3 Å². The smallest absolute Gasteiger partial charge is 0.338 e. The van der Waals surface area contributed by atoms with Crippen molar-refractivity contribution < 1.29 is 9.09 Å². The van der Waals surface area contributed by atoms with Crippen LogP contribution in [0.5, 0.6) is 5.75 Å². The molecular formula is C15H17BrNO2P. The van der Waals surface area contributed by atoms with Crippen molar-refractivity contribution in [3.8, 4) is 5.75 Å². The molecule has 20 heavy (non-hydrogen) atoms. The molecule has 2 rings (SSSR count). The number of benzene rings is 2. The Morgan fingerprint density at radius 2 is 1.90 bits per heavy atom. The van der Waals surface area contributed by atoms with E-state index in [9.17, 15) is 4.57 Å². The van der Waals surface area contributed by atoms with Crippen LogP contribution in [0.25, 0.3) is 0 Å². The van der Waals surface area contributed by atoms with Gasteiger partial charge in [-0.15, -0.1) is 0 Å². The zero-order valence-corrected chi connectivity index (χ0v) is 13.9. The first-order valence-corrected chi connectivity index (χ1v) is 9.25. The van der Waals surface area contributed by atoms with Crippen molar-refractivity contribution in [1.82, 2.24) is 0 Å². The Balaban J connectivity index is 2.08. The fraction of sp³-hybridized carbons (Fsp3) is 0.200. The first-order chi connectivity index (χ1) is 9.48. The van der Waals surface area contributed by atoms with Gasteiger partial charge in [-0.1, -0.05) is 41.1 Å². The third-order valence-corrected chi connectivity index (χ3v) is 4.48. The molecule has 1 atom stereocenters. The number of rotatable bonds is 5. The quantitative estimate of drug-likeness (QED) is 0.738. The van der Waals surface area contributed by atoms with Gasteiger partial charge in [0.25, 0.3) is 0 Å². The summed E-state index contributed by atoms with van der Waals surface area (Å²) < 4.78 is 19.0. The molecule has 0 heterocycles. The molecule has 0 aromatic heterocycles. The minimum atomic E-state index is -2.95. The summed E-state index contributed by atoms with van der Waals surface area (Å²) in [5.74, 6) is 0.607. The molecule has 3 nitrogen and oxygen atoms in total. The molecule has 1 N–H and O–H groups in total. The Labute approximate surface area is 128 Å². The highest BCUT2D eigenvalue weighted by Crippen LogP contribution is 2.43. The summed E-state index contributed by atoms with van der Waals surface area (Å²) in [7, 11) is -2.95. The molecule has 0 aliphatic rings. The third-order valence-electron chi connectivity index (χ3n) is 2.77. The molecule has 0 spiro atoms. The highest BCUT2D eigenvalue weighted by Gasteiger charge is 2.17. The van der Waals surface area contributed by atoms with Crippen LogP contribution in [0.15, 0.2) is 53.0 Å². The van der Waals surface area contributed by atoms with Crippen LogP contribution in [0.1, 0.15) is 12.5 Å². The Bertz CT molecular complexity index is 628. The van der Waals surface area contributed by atoms with Gasteiger partial charge in [0.2, 0.25) is 0 Å². The summed E-state index contributed by atoms with van der Waals surface area (Å²) in [5, 5.41) is 2.94. The number of aryl methyl sites for hydroxylation is 1. The van der Waals surface area contributed by atoms with E-state index in [0.717, 1.165) is 16.6 Å². The number of anilines is 1. The van der Waals surface area contributed by atoms with Crippen molar-refractivity contribution in [3.63, 3.8) is 0 Å². The second-order valence-electron chi connectivity index (χ2n) is 4.56. The molecule has 0 saturated heterocycles. The predicted octanol–water partition coefficient (Wildman–Crippen LogP) is 5.33. The molecule has 2 aromatic rings. The van der Waals surface area contributed by atoms with E-state index in [0.29, 0.717) is 5.75 Å². The zero-order chi connectivity index (χ0) is 14.6. The number of nitrogens with one attached hydrogen (secondary N) is 1. The Kier molecular flexibility index (Phi) is 4.90. The standard InChI is InChI=1S/C15H17BrNO2P/c1-3-12-7-9-15(10-8-12)19-20(2,18)17-14-6-4-5-13(16)11-14/h4-11H,3H2,1-2H3,(H,17,18)/t20-/m0/s1. The van der Waals surface area contributed by atoms with Gasteiger partial charge in [0.05, 0.1) is 0 Å². The second kappa shape index (κ2) is 6.47. The summed E-state index contributed by atoms with van der Waals surface area (Å²) in [6.45, 7) is 3.66. The van der Waals surface area contributed by atoms with Crippen molar-refractivity contribution in [1.29, 1.82) is 0 Å².